The van der Waals surface area contributed by atoms with Gasteiger partial charge in [-0.3, -0.25) is 0 Å². The number of carbonyl (C=O) groups excluding carboxylic acids is 3. The summed E-state index contributed by atoms with van der Waals surface area (Å²) in [5.74, 6) is -2.13. The second-order valence-electron chi connectivity index (χ2n) is 3.57. The Morgan fingerprint density at radius 3 is 2.50 bits per heavy atom. The van der Waals surface area contributed by atoms with Gasteiger partial charge in [0.25, 0.3) is 5.69 Å². The van der Waals surface area contributed by atoms with Gasteiger partial charge >= 0.3 is 17.9 Å². The Kier molecular flexibility index (Phi) is 5.89. The van der Waals surface area contributed by atoms with Crippen LogP contribution >= 0.6 is 0 Å². The van der Waals surface area contributed by atoms with E-state index < -0.39 is 24.7 Å². The number of nitrogens with zero attached hydrogens (tertiary/aromatic N) is 1. The number of pyridine rings is 1. The van der Waals surface area contributed by atoms with Crippen LogP contribution in [0.1, 0.15) is 10.5 Å². The number of aryl methyl sites for hydroxylation is 1. The first-order valence-electron chi connectivity index (χ1n) is 5.59. The maximum atomic E-state index is 11.6. The lowest BCUT2D eigenvalue weighted by molar-refractivity contribution is -0.674. The molecule has 0 atom stereocenters. The van der Waals surface area contributed by atoms with E-state index in [4.69, 9.17) is 4.74 Å². The van der Waals surface area contributed by atoms with E-state index in [1.54, 1.807) is 36.0 Å². The molecule has 0 radical (unpaired) electrons. The Morgan fingerprint density at radius 1 is 1.15 bits per heavy atom. The van der Waals surface area contributed by atoms with Gasteiger partial charge in [-0.1, -0.05) is 0 Å². The van der Waals surface area contributed by atoms with Crippen molar-refractivity contribution in [1.29, 1.82) is 0 Å². The summed E-state index contributed by atoms with van der Waals surface area (Å²) in [6, 6.07) is 5.01. The van der Waals surface area contributed by atoms with E-state index in [0.29, 0.717) is 5.69 Å². The largest absolute Gasteiger partial charge is 0.466 e. The third kappa shape index (κ3) is 4.89. The van der Waals surface area contributed by atoms with Crippen molar-refractivity contribution in [3.8, 4) is 0 Å². The van der Waals surface area contributed by atoms with Crippen LogP contribution in [0, 0.1) is 0 Å². The highest BCUT2D eigenvalue weighted by Gasteiger charge is 2.17. The molecule has 0 bridgehead atoms. The van der Waals surface area contributed by atoms with Gasteiger partial charge in [-0.05, 0) is 6.07 Å². The number of hydrogen-bond acceptors (Lipinski definition) is 6. The van der Waals surface area contributed by atoms with Crippen molar-refractivity contribution in [2.24, 2.45) is 7.05 Å². The number of ether oxygens (including phenoxy) is 3. The Bertz CT molecular complexity index is 537. The fourth-order valence-corrected chi connectivity index (χ4v) is 1.20. The zero-order valence-corrected chi connectivity index (χ0v) is 11.1. The fraction of sp³-hybridized carbons (Fsp3) is 0.231. The van der Waals surface area contributed by atoms with E-state index in [0.717, 1.165) is 12.2 Å². The standard InChI is InChI=1S/C13H14NO6/c1-14-8-4-3-5-10(14)13(17)20-9-19-12(16)7-6-11(15)18-2/h3-8H,9H2,1-2H3/q+1. The molecule has 1 rings (SSSR count). The number of carbonyl (C=O) groups is 3. The maximum absolute atomic E-state index is 11.6. The van der Waals surface area contributed by atoms with Crippen LogP contribution in [0.3, 0.4) is 0 Å². The van der Waals surface area contributed by atoms with Gasteiger partial charge in [0.1, 0.15) is 7.05 Å². The lowest BCUT2D eigenvalue weighted by Crippen LogP contribution is -2.36. The average Bonchev–Trinajstić information content (AvgIpc) is 2.45. The molecule has 0 spiro atoms. The Balaban J connectivity index is 2.40. The third-order valence-electron chi connectivity index (χ3n) is 2.21. The molecule has 106 valence electrons. The summed E-state index contributed by atoms with van der Waals surface area (Å²) >= 11 is 0. The summed E-state index contributed by atoms with van der Waals surface area (Å²) in [6.45, 7) is -0.544. The monoisotopic (exact) mass is 280 g/mol. The molecular weight excluding hydrogens is 266 g/mol. The predicted octanol–water partition coefficient (Wildman–Crippen LogP) is -0.102. The van der Waals surface area contributed by atoms with Crippen LogP contribution in [0.5, 0.6) is 0 Å². The van der Waals surface area contributed by atoms with Gasteiger partial charge in [0.2, 0.25) is 6.79 Å². The molecule has 0 aliphatic carbocycles. The second kappa shape index (κ2) is 7.67. The molecule has 0 saturated heterocycles. The summed E-state index contributed by atoms with van der Waals surface area (Å²) < 4.78 is 15.2. The number of esters is 3. The normalized spacial score (nSPS) is 10.1. The average molecular weight is 280 g/mol. The lowest BCUT2D eigenvalue weighted by Gasteiger charge is -2.03. The molecule has 1 heterocycles. The highest BCUT2D eigenvalue weighted by molar-refractivity contribution is 5.91. The summed E-state index contributed by atoms with van der Waals surface area (Å²) in [6.07, 6.45) is 3.46. The topological polar surface area (TPSA) is 82.8 Å². The molecule has 0 aliphatic rings. The second-order valence-corrected chi connectivity index (χ2v) is 3.57. The molecule has 20 heavy (non-hydrogen) atoms. The molecule has 0 unspecified atom stereocenters. The van der Waals surface area contributed by atoms with Gasteiger partial charge in [-0.15, -0.1) is 0 Å². The first-order valence-corrected chi connectivity index (χ1v) is 5.59. The Labute approximate surface area is 115 Å². The zero-order valence-electron chi connectivity index (χ0n) is 11.1. The van der Waals surface area contributed by atoms with Gasteiger partial charge in [0, 0.05) is 24.3 Å². The summed E-state index contributed by atoms with van der Waals surface area (Å²) in [5, 5.41) is 0. The lowest BCUT2D eigenvalue weighted by atomic mass is 10.3. The molecule has 1 aromatic rings. The van der Waals surface area contributed by atoms with Crippen LogP contribution in [0.4, 0.5) is 0 Å². The molecule has 0 amide bonds. The Morgan fingerprint density at radius 2 is 1.85 bits per heavy atom. The van der Waals surface area contributed by atoms with Crippen molar-refractivity contribution in [3.05, 3.63) is 42.2 Å². The summed E-state index contributed by atoms with van der Waals surface area (Å²) in [7, 11) is 2.86. The quantitative estimate of drug-likeness (QED) is 0.324. The molecule has 0 fully saturated rings. The number of rotatable bonds is 5. The van der Waals surface area contributed by atoms with Gasteiger partial charge in [-0.25, -0.2) is 14.4 Å². The summed E-state index contributed by atoms with van der Waals surface area (Å²) in [5.41, 5.74) is 0.314. The van der Waals surface area contributed by atoms with Gasteiger partial charge in [0.15, 0.2) is 6.20 Å². The van der Waals surface area contributed by atoms with E-state index >= 15 is 0 Å². The number of hydrogen-bond donors (Lipinski definition) is 0. The SMILES string of the molecule is COC(=O)C=CC(=O)OCOC(=O)c1cccc[n+]1C. The minimum atomic E-state index is -0.819. The van der Waals surface area contributed by atoms with Crippen molar-refractivity contribution in [2.45, 2.75) is 0 Å². The van der Waals surface area contributed by atoms with E-state index in [1.807, 2.05) is 0 Å². The van der Waals surface area contributed by atoms with E-state index in [-0.39, 0.29) is 0 Å². The van der Waals surface area contributed by atoms with Crippen molar-refractivity contribution >= 4 is 17.9 Å². The van der Waals surface area contributed by atoms with Gasteiger partial charge in [-0.2, -0.15) is 4.57 Å². The molecule has 1 aromatic heterocycles. The molecule has 7 heteroatoms. The van der Waals surface area contributed by atoms with Crippen LogP contribution in [-0.2, 0) is 30.8 Å². The minimum Gasteiger partial charge on any atom is -0.466 e. The first-order chi connectivity index (χ1) is 9.54. The van der Waals surface area contributed by atoms with Crippen LogP contribution in [-0.4, -0.2) is 31.8 Å². The molecular formula is C13H14NO6+. The van der Waals surface area contributed by atoms with Crippen LogP contribution in [0.15, 0.2) is 36.5 Å². The molecule has 0 aliphatic heterocycles. The zero-order chi connectivity index (χ0) is 15.0. The highest BCUT2D eigenvalue weighted by atomic mass is 16.7. The molecule has 0 N–H and O–H groups in total. The van der Waals surface area contributed by atoms with Crippen LogP contribution in [0.25, 0.3) is 0 Å². The van der Waals surface area contributed by atoms with Crippen molar-refractivity contribution in [2.75, 3.05) is 13.9 Å². The van der Waals surface area contributed by atoms with Crippen LogP contribution in [0.2, 0.25) is 0 Å². The molecule has 0 saturated carbocycles. The van der Waals surface area contributed by atoms with E-state index in [1.165, 1.54) is 7.11 Å². The Hall–Kier alpha value is -2.70. The number of aromatic nitrogens is 1. The fourth-order valence-electron chi connectivity index (χ4n) is 1.20. The van der Waals surface area contributed by atoms with E-state index in [2.05, 4.69) is 9.47 Å². The number of methoxy groups -OCH3 is 1. The van der Waals surface area contributed by atoms with E-state index in [9.17, 15) is 14.4 Å². The van der Waals surface area contributed by atoms with Crippen molar-refractivity contribution in [3.63, 3.8) is 0 Å². The molecule has 7 nitrogen and oxygen atoms in total. The molecule has 0 aromatic carbocycles. The van der Waals surface area contributed by atoms with Gasteiger partial charge < -0.3 is 14.2 Å². The van der Waals surface area contributed by atoms with Crippen molar-refractivity contribution < 1.29 is 33.2 Å². The predicted molar refractivity (Wildman–Crippen MR) is 65.1 cm³/mol. The summed E-state index contributed by atoms with van der Waals surface area (Å²) in [4.78, 5) is 33.5. The highest BCUT2D eigenvalue weighted by Crippen LogP contribution is 1.95. The maximum Gasteiger partial charge on any atom is 0.406 e. The van der Waals surface area contributed by atoms with Crippen molar-refractivity contribution in [1.82, 2.24) is 0 Å². The van der Waals surface area contributed by atoms with Gasteiger partial charge in [0.05, 0.1) is 7.11 Å². The smallest absolute Gasteiger partial charge is 0.406 e. The minimum absolute atomic E-state index is 0.314. The third-order valence-corrected chi connectivity index (χ3v) is 2.21. The van der Waals surface area contributed by atoms with Crippen LogP contribution < -0.4 is 4.57 Å². The first kappa shape index (κ1) is 15.4.